The van der Waals surface area contributed by atoms with E-state index in [-0.39, 0.29) is 5.91 Å². The highest BCUT2D eigenvalue weighted by Crippen LogP contribution is 2.26. The van der Waals surface area contributed by atoms with E-state index in [9.17, 15) is 14.4 Å². The van der Waals surface area contributed by atoms with Crippen LogP contribution >= 0.6 is 0 Å². The third-order valence-electron chi connectivity index (χ3n) is 5.34. The molecule has 0 aromatic heterocycles. The van der Waals surface area contributed by atoms with E-state index in [0.29, 0.717) is 90.0 Å². The first kappa shape index (κ1) is 22.9. The van der Waals surface area contributed by atoms with Crippen molar-refractivity contribution in [1.82, 2.24) is 14.7 Å². The summed E-state index contributed by atoms with van der Waals surface area (Å²) in [7, 11) is 0. The van der Waals surface area contributed by atoms with Gasteiger partial charge in [-0.3, -0.25) is 14.4 Å². The summed E-state index contributed by atoms with van der Waals surface area (Å²) >= 11 is 0. The van der Waals surface area contributed by atoms with Crippen molar-refractivity contribution in [3.63, 3.8) is 0 Å². The number of ether oxygens (including phenoxy) is 3. The second-order valence-electron chi connectivity index (χ2n) is 7.41. The first-order chi connectivity index (χ1) is 15.1. The average molecular weight is 434 g/mol. The SMILES string of the molecule is CCOc1ccccc1OCCCC(=O)N1CCN(C(=O)C(=O)N2CCOCC2)CC1. The standard InChI is InChI=1S/C22H31N3O6/c1-2-30-18-6-3-4-7-19(18)31-15-5-8-20(26)23-9-11-24(12-10-23)21(27)22(28)25-13-16-29-17-14-25/h3-4,6-7H,2,5,8-17H2,1H3. The minimum absolute atomic E-state index is 0.0355. The molecule has 3 amide bonds. The van der Waals surface area contributed by atoms with Crippen LogP contribution in [0.3, 0.4) is 0 Å². The summed E-state index contributed by atoms with van der Waals surface area (Å²) in [5, 5.41) is 0. The van der Waals surface area contributed by atoms with Gasteiger partial charge in [0, 0.05) is 45.7 Å². The minimum atomic E-state index is -0.490. The van der Waals surface area contributed by atoms with Crippen molar-refractivity contribution in [2.24, 2.45) is 0 Å². The highest BCUT2D eigenvalue weighted by molar-refractivity contribution is 6.34. The zero-order valence-corrected chi connectivity index (χ0v) is 18.1. The van der Waals surface area contributed by atoms with Crippen LogP contribution in [0.1, 0.15) is 19.8 Å². The molecule has 1 aromatic carbocycles. The van der Waals surface area contributed by atoms with Crippen molar-refractivity contribution in [3.8, 4) is 11.5 Å². The fourth-order valence-corrected chi connectivity index (χ4v) is 3.60. The van der Waals surface area contributed by atoms with Crippen LogP contribution in [0.15, 0.2) is 24.3 Å². The second kappa shape index (κ2) is 11.5. The Labute approximate surface area is 182 Å². The van der Waals surface area contributed by atoms with Crippen LogP contribution in [-0.4, -0.2) is 98.1 Å². The third-order valence-corrected chi connectivity index (χ3v) is 5.34. The maximum absolute atomic E-state index is 12.5. The van der Waals surface area contributed by atoms with E-state index in [1.165, 1.54) is 9.80 Å². The Bertz CT molecular complexity index is 757. The Kier molecular flexibility index (Phi) is 8.52. The van der Waals surface area contributed by atoms with Gasteiger partial charge in [-0.05, 0) is 25.5 Å². The van der Waals surface area contributed by atoms with Crippen LogP contribution in [0.2, 0.25) is 0 Å². The molecule has 2 fully saturated rings. The van der Waals surface area contributed by atoms with Crippen LogP contribution in [0.4, 0.5) is 0 Å². The number of nitrogens with zero attached hydrogens (tertiary/aromatic N) is 3. The fraction of sp³-hybridized carbons (Fsp3) is 0.591. The Morgan fingerprint density at radius 1 is 0.839 bits per heavy atom. The predicted molar refractivity (Wildman–Crippen MR) is 113 cm³/mol. The Morgan fingerprint density at radius 2 is 1.39 bits per heavy atom. The van der Waals surface area contributed by atoms with Crippen molar-refractivity contribution in [1.29, 1.82) is 0 Å². The molecule has 0 unspecified atom stereocenters. The van der Waals surface area contributed by atoms with Gasteiger partial charge in [0.2, 0.25) is 5.91 Å². The first-order valence-electron chi connectivity index (χ1n) is 10.9. The van der Waals surface area contributed by atoms with E-state index in [1.54, 1.807) is 4.90 Å². The molecule has 2 saturated heterocycles. The topological polar surface area (TPSA) is 88.6 Å². The highest BCUT2D eigenvalue weighted by atomic mass is 16.5. The summed E-state index contributed by atoms with van der Waals surface area (Å²) < 4.78 is 16.5. The lowest BCUT2D eigenvalue weighted by molar-refractivity contribution is -0.155. The summed E-state index contributed by atoms with van der Waals surface area (Å²) in [5.41, 5.74) is 0. The van der Waals surface area contributed by atoms with Crippen molar-refractivity contribution < 1.29 is 28.6 Å². The predicted octanol–water partition coefficient (Wildman–Crippen LogP) is 0.774. The van der Waals surface area contributed by atoms with E-state index in [2.05, 4.69) is 0 Å². The summed E-state index contributed by atoms with van der Waals surface area (Å²) in [4.78, 5) is 42.1. The maximum atomic E-state index is 12.5. The number of hydrogen-bond acceptors (Lipinski definition) is 6. The molecule has 9 nitrogen and oxygen atoms in total. The molecule has 31 heavy (non-hydrogen) atoms. The molecule has 1 aromatic rings. The molecule has 0 radical (unpaired) electrons. The summed E-state index contributed by atoms with van der Waals surface area (Å²) in [6.07, 6.45) is 0.964. The number of amides is 3. The van der Waals surface area contributed by atoms with Crippen molar-refractivity contribution in [3.05, 3.63) is 24.3 Å². The largest absolute Gasteiger partial charge is 0.490 e. The molecule has 0 spiro atoms. The van der Waals surface area contributed by atoms with Gasteiger partial charge < -0.3 is 28.9 Å². The van der Waals surface area contributed by atoms with Gasteiger partial charge in [-0.15, -0.1) is 0 Å². The van der Waals surface area contributed by atoms with E-state index in [0.717, 1.165) is 0 Å². The normalized spacial score (nSPS) is 16.7. The average Bonchev–Trinajstić information content (AvgIpc) is 2.82. The molecule has 0 N–H and O–H groups in total. The van der Waals surface area contributed by atoms with Crippen molar-refractivity contribution in [2.45, 2.75) is 19.8 Å². The maximum Gasteiger partial charge on any atom is 0.312 e. The molecular weight excluding hydrogens is 402 g/mol. The lowest BCUT2D eigenvalue weighted by Crippen LogP contribution is -2.55. The van der Waals surface area contributed by atoms with Gasteiger partial charge in [-0.2, -0.15) is 0 Å². The Balaban J connectivity index is 1.36. The number of hydrogen-bond donors (Lipinski definition) is 0. The molecule has 0 aliphatic carbocycles. The van der Waals surface area contributed by atoms with Crippen LogP contribution in [-0.2, 0) is 19.1 Å². The number of rotatable bonds is 7. The van der Waals surface area contributed by atoms with Gasteiger partial charge in [-0.25, -0.2) is 0 Å². The van der Waals surface area contributed by atoms with Crippen LogP contribution in [0.25, 0.3) is 0 Å². The number of para-hydroxylation sites is 2. The molecule has 9 heteroatoms. The van der Waals surface area contributed by atoms with E-state index in [1.807, 2.05) is 31.2 Å². The first-order valence-corrected chi connectivity index (χ1v) is 10.9. The molecule has 0 atom stereocenters. The van der Waals surface area contributed by atoms with Gasteiger partial charge in [0.05, 0.1) is 26.4 Å². The number of carbonyl (C=O) groups excluding carboxylic acids is 3. The third kappa shape index (κ3) is 6.33. The lowest BCUT2D eigenvalue weighted by Gasteiger charge is -2.36. The molecule has 2 heterocycles. The quantitative estimate of drug-likeness (QED) is 0.466. The molecule has 2 aliphatic rings. The molecule has 2 aliphatic heterocycles. The van der Waals surface area contributed by atoms with Gasteiger partial charge in [0.25, 0.3) is 0 Å². The zero-order valence-electron chi connectivity index (χ0n) is 18.1. The van der Waals surface area contributed by atoms with Crippen LogP contribution in [0, 0.1) is 0 Å². The number of benzene rings is 1. The molecule has 3 rings (SSSR count). The number of piperazine rings is 1. The lowest BCUT2D eigenvalue weighted by atomic mass is 10.2. The molecule has 0 saturated carbocycles. The monoisotopic (exact) mass is 433 g/mol. The second-order valence-corrected chi connectivity index (χ2v) is 7.41. The van der Waals surface area contributed by atoms with Crippen molar-refractivity contribution >= 4 is 17.7 Å². The van der Waals surface area contributed by atoms with Crippen molar-refractivity contribution in [2.75, 3.05) is 65.7 Å². The van der Waals surface area contributed by atoms with Gasteiger partial charge in [-0.1, -0.05) is 12.1 Å². The van der Waals surface area contributed by atoms with Crippen LogP contribution in [0.5, 0.6) is 11.5 Å². The van der Waals surface area contributed by atoms with Gasteiger partial charge >= 0.3 is 11.8 Å². The Morgan fingerprint density at radius 3 is 2.00 bits per heavy atom. The molecular formula is C22H31N3O6. The van der Waals surface area contributed by atoms with Crippen LogP contribution < -0.4 is 9.47 Å². The minimum Gasteiger partial charge on any atom is -0.490 e. The fourth-order valence-electron chi connectivity index (χ4n) is 3.60. The summed E-state index contributed by atoms with van der Waals surface area (Å²) in [6, 6.07) is 7.48. The zero-order chi connectivity index (χ0) is 22.1. The molecule has 0 bridgehead atoms. The Hall–Kier alpha value is -2.81. The number of carbonyl (C=O) groups is 3. The van der Waals surface area contributed by atoms with E-state index >= 15 is 0 Å². The number of morpholine rings is 1. The molecule has 170 valence electrons. The smallest absolute Gasteiger partial charge is 0.312 e. The highest BCUT2D eigenvalue weighted by Gasteiger charge is 2.31. The van der Waals surface area contributed by atoms with E-state index < -0.39 is 11.8 Å². The summed E-state index contributed by atoms with van der Waals surface area (Å²) in [6.45, 7) is 6.33. The van der Waals surface area contributed by atoms with Gasteiger partial charge in [0.1, 0.15) is 0 Å². The van der Waals surface area contributed by atoms with E-state index in [4.69, 9.17) is 14.2 Å². The summed E-state index contributed by atoms with van der Waals surface area (Å²) in [5.74, 6) is 0.439. The van der Waals surface area contributed by atoms with Gasteiger partial charge in [0.15, 0.2) is 11.5 Å².